The highest BCUT2D eigenvalue weighted by molar-refractivity contribution is 7.15. The SMILES string of the molecule is Cc1nnc(N2C(=O)c3ccc(C(=O)OCC(=O)Nc4ccccc4C(F)(F)F)cc3C2=O)s1. The van der Waals surface area contributed by atoms with Crippen molar-refractivity contribution < 1.29 is 37.1 Å². The number of nitrogens with zero attached hydrogens (tertiary/aromatic N) is 3. The Labute approximate surface area is 193 Å². The van der Waals surface area contributed by atoms with Gasteiger partial charge in [0.05, 0.1) is 27.9 Å². The van der Waals surface area contributed by atoms with Gasteiger partial charge in [-0.05, 0) is 37.3 Å². The fourth-order valence-electron chi connectivity index (χ4n) is 3.16. The molecule has 1 aromatic heterocycles. The summed E-state index contributed by atoms with van der Waals surface area (Å²) < 4.78 is 44.0. The molecule has 4 rings (SSSR count). The number of anilines is 2. The van der Waals surface area contributed by atoms with Crippen LogP contribution in [-0.2, 0) is 15.7 Å². The molecule has 0 bridgehead atoms. The van der Waals surface area contributed by atoms with Crippen molar-refractivity contribution >= 4 is 45.8 Å². The number of alkyl halides is 3. The lowest BCUT2D eigenvalue weighted by molar-refractivity contribution is -0.137. The molecular weight excluding hydrogens is 477 g/mol. The van der Waals surface area contributed by atoms with Crippen molar-refractivity contribution in [2.45, 2.75) is 13.1 Å². The maximum atomic E-state index is 13.0. The van der Waals surface area contributed by atoms with Gasteiger partial charge in [0.1, 0.15) is 5.01 Å². The zero-order valence-electron chi connectivity index (χ0n) is 17.2. The molecule has 0 unspecified atom stereocenters. The van der Waals surface area contributed by atoms with Gasteiger partial charge < -0.3 is 10.1 Å². The predicted octanol–water partition coefficient (Wildman–Crippen LogP) is 3.46. The molecule has 1 aliphatic heterocycles. The van der Waals surface area contributed by atoms with E-state index in [-0.39, 0.29) is 21.8 Å². The van der Waals surface area contributed by atoms with Crippen molar-refractivity contribution in [2.75, 3.05) is 16.8 Å². The molecule has 34 heavy (non-hydrogen) atoms. The third-order valence-corrected chi connectivity index (χ3v) is 5.49. The van der Waals surface area contributed by atoms with Crippen LogP contribution in [-0.4, -0.2) is 40.5 Å². The van der Waals surface area contributed by atoms with E-state index >= 15 is 0 Å². The minimum atomic E-state index is -4.68. The highest BCUT2D eigenvalue weighted by atomic mass is 32.1. The van der Waals surface area contributed by atoms with Gasteiger partial charge >= 0.3 is 12.1 Å². The number of carbonyl (C=O) groups is 4. The summed E-state index contributed by atoms with van der Waals surface area (Å²) in [6.07, 6.45) is -4.68. The minimum absolute atomic E-state index is 0.0518. The van der Waals surface area contributed by atoms with Gasteiger partial charge in [0.25, 0.3) is 17.7 Å². The van der Waals surface area contributed by atoms with E-state index in [2.05, 4.69) is 15.5 Å². The van der Waals surface area contributed by atoms with Gasteiger partial charge in [-0.2, -0.15) is 13.2 Å². The molecule has 0 atom stereocenters. The molecule has 2 heterocycles. The van der Waals surface area contributed by atoms with Crippen LogP contribution >= 0.6 is 11.3 Å². The molecule has 3 amide bonds. The molecule has 1 aliphatic rings. The molecule has 2 aromatic carbocycles. The number of hydrogen-bond acceptors (Lipinski definition) is 8. The number of ether oxygens (including phenoxy) is 1. The predicted molar refractivity (Wildman–Crippen MR) is 113 cm³/mol. The summed E-state index contributed by atoms with van der Waals surface area (Å²) in [6.45, 7) is 0.788. The van der Waals surface area contributed by atoms with E-state index in [1.807, 2.05) is 0 Å². The van der Waals surface area contributed by atoms with Gasteiger partial charge in [0.15, 0.2) is 6.61 Å². The average Bonchev–Trinajstić information content (AvgIpc) is 3.32. The third kappa shape index (κ3) is 4.37. The van der Waals surface area contributed by atoms with Crippen molar-refractivity contribution in [1.82, 2.24) is 10.2 Å². The second-order valence-electron chi connectivity index (χ2n) is 6.98. The number of para-hydroxylation sites is 1. The van der Waals surface area contributed by atoms with Crippen LogP contribution in [0.1, 0.15) is 41.6 Å². The summed E-state index contributed by atoms with van der Waals surface area (Å²) in [6, 6.07) is 7.99. The quantitative estimate of drug-likeness (QED) is 0.430. The van der Waals surface area contributed by atoms with Crippen LogP contribution in [0.3, 0.4) is 0 Å². The van der Waals surface area contributed by atoms with E-state index in [4.69, 9.17) is 4.74 Å². The molecule has 174 valence electrons. The van der Waals surface area contributed by atoms with E-state index in [1.54, 1.807) is 6.92 Å². The van der Waals surface area contributed by atoms with E-state index in [0.29, 0.717) is 5.01 Å². The Morgan fingerprint density at radius 3 is 2.44 bits per heavy atom. The maximum absolute atomic E-state index is 13.0. The highest BCUT2D eigenvalue weighted by Crippen LogP contribution is 2.34. The van der Waals surface area contributed by atoms with Crippen LogP contribution < -0.4 is 10.2 Å². The van der Waals surface area contributed by atoms with Crippen LogP contribution in [0, 0.1) is 6.92 Å². The molecule has 0 saturated heterocycles. The van der Waals surface area contributed by atoms with Crippen LogP contribution in [0.5, 0.6) is 0 Å². The fourth-order valence-corrected chi connectivity index (χ4v) is 3.84. The molecule has 0 spiro atoms. The lowest BCUT2D eigenvalue weighted by Crippen LogP contribution is -2.29. The Morgan fingerprint density at radius 1 is 1.06 bits per heavy atom. The van der Waals surface area contributed by atoms with Crippen molar-refractivity contribution in [1.29, 1.82) is 0 Å². The number of benzene rings is 2. The maximum Gasteiger partial charge on any atom is 0.418 e. The first-order valence-electron chi connectivity index (χ1n) is 9.52. The second kappa shape index (κ2) is 8.67. The lowest BCUT2D eigenvalue weighted by atomic mass is 10.1. The number of aryl methyl sites for hydroxylation is 1. The highest BCUT2D eigenvalue weighted by Gasteiger charge is 2.39. The summed E-state index contributed by atoms with van der Waals surface area (Å²) in [4.78, 5) is 50.5. The van der Waals surface area contributed by atoms with Crippen molar-refractivity contribution in [3.8, 4) is 0 Å². The summed E-state index contributed by atoms with van der Waals surface area (Å²) in [5.41, 5.74) is -1.67. The van der Waals surface area contributed by atoms with Crippen LogP contribution in [0.15, 0.2) is 42.5 Å². The number of fused-ring (bicyclic) bond motifs is 1. The van der Waals surface area contributed by atoms with E-state index in [0.717, 1.165) is 34.4 Å². The van der Waals surface area contributed by atoms with Crippen molar-refractivity contribution in [3.05, 3.63) is 69.7 Å². The molecule has 0 radical (unpaired) electrons. The Kier molecular flexibility index (Phi) is 5.87. The summed E-state index contributed by atoms with van der Waals surface area (Å²) >= 11 is 1.04. The van der Waals surface area contributed by atoms with Gasteiger partial charge in [-0.3, -0.25) is 14.4 Å². The van der Waals surface area contributed by atoms with E-state index in [1.165, 1.54) is 24.3 Å². The summed E-state index contributed by atoms with van der Waals surface area (Å²) in [7, 11) is 0. The van der Waals surface area contributed by atoms with Crippen LogP contribution in [0.25, 0.3) is 0 Å². The first-order chi connectivity index (χ1) is 16.1. The van der Waals surface area contributed by atoms with E-state index in [9.17, 15) is 32.3 Å². The zero-order valence-corrected chi connectivity index (χ0v) is 18.0. The Balaban J connectivity index is 1.44. The number of esters is 1. The fraction of sp³-hybridized carbons (Fsp3) is 0.143. The number of carbonyl (C=O) groups excluding carboxylic acids is 4. The number of amides is 3. The Bertz CT molecular complexity index is 1340. The lowest BCUT2D eigenvalue weighted by Gasteiger charge is -2.13. The van der Waals surface area contributed by atoms with Crippen molar-refractivity contribution in [2.24, 2.45) is 0 Å². The summed E-state index contributed by atoms with van der Waals surface area (Å²) in [5, 5.41) is 10.3. The smallest absolute Gasteiger partial charge is 0.418 e. The van der Waals surface area contributed by atoms with Crippen LogP contribution in [0.2, 0.25) is 0 Å². The molecule has 13 heteroatoms. The molecule has 0 aliphatic carbocycles. The number of halogens is 3. The van der Waals surface area contributed by atoms with Gasteiger partial charge in [-0.25, -0.2) is 9.69 Å². The van der Waals surface area contributed by atoms with Gasteiger partial charge in [-0.15, -0.1) is 10.2 Å². The number of aromatic nitrogens is 2. The normalized spacial score (nSPS) is 13.1. The largest absolute Gasteiger partial charge is 0.452 e. The van der Waals surface area contributed by atoms with E-state index < -0.39 is 47.7 Å². The Morgan fingerprint density at radius 2 is 1.76 bits per heavy atom. The molecule has 1 N–H and O–H groups in total. The molecule has 9 nitrogen and oxygen atoms in total. The van der Waals surface area contributed by atoms with Gasteiger partial charge in [-0.1, -0.05) is 23.5 Å². The molecule has 0 fully saturated rings. The molecule has 3 aromatic rings. The summed E-state index contributed by atoms with van der Waals surface area (Å²) in [5.74, 6) is -3.33. The third-order valence-electron chi connectivity index (χ3n) is 4.67. The standard InChI is InChI=1S/C21H13F3N4O5S/c1-10-26-27-20(34-10)28-17(30)12-7-6-11(8-13(12)18(28)31)19(32)33-9-16(29)25-15-5-3-2-4-14(15)21(22,23)24/h2-8H,9H2,1H3,(H,25,29). The van der Waals surface area contributed by atoms with Gasteiger partial charge in [0.2, 0.25) is 5.13 Å². The first kappa shape index (κ1) is 23.0. The number of hydrogen-bond donors (Lipinski definition) is 1. The first-order valence-corrected chi connectivity index (χ1v) is 10.3. The molecule has 0 saturated carbocycles. The van der Waals surface area contributed by atoms with Crippen molar-refractivity contribution in [3.63, 3.8) is 0 Å². The van der Waals surface area contributed by atoms with Gasteiger partial charge in [0, 0.05) is 0 Å². The topological polar surface area (TPSA) is 119 Å². The Hall–Kier alpha value is -4.13. The second-order valence-corrected chi connectivity index (χ2v) is 8.14. The number of nitrogens with one attached hydrogen (secondary N) is 1. The average molecular weight is 490 g/mol. The number of rotatable bonds is 5. The monoisotopic (exact) mass is 490 g/mol. The number of imide groups is 1. The zero-order chi connectivity index (χ0) is 24.6. The molecular formula is C21H13F3N4O5S. The van der Waals surface area contributed by atoms with Crippen LogP contribution in [0.4, 0.5) is 24.0 Å². The minimum Gasteiger partial charge on any atom is -0.452 e.